The molecule has 2 aromatic rings. The minimum atomic E-state index is -0.179. The third kappa shape index (κ3) is 3.44. The van der Waals surface area contributed by atoms with Crippen LogP contribution in [0.15, 0.2) is 47.4 Å². The average molecular weight is 313 g/mol. The molecule has 2 rings (SSSR count). The van der Waals surface area contributed by atoms with Gasteiger partial charge in [0, 0.05) is 14.9 Å². The molecule has 1 atom stereocenters. The minimum Gasteiger partial charge on any atom is -0.271 e. The number of nitrogens with one attached hydrogen (secondary N) is 1. The number of thioether (sulfide) groups is 1. The smallest absolute Gasteiger partial charge is 0.0725 e. The Morgan fingerprint density at radius 2 is 1.79 bits per heavy atom. The first-order valence-electron chi connectivity index (χ1n) is 5.70. The molecule has 0 bridgehead atoms. The lowest BCUT2D eigenvalue weighted by Gasteiger charge is -2.18. The van der Waals surface area contributed by atoms with Crippen LogP contribution in [-0.4, -0.2) is 6.26 Å². The number of nitrogens with two attached hydrogens (primary N) is 1. The SMILES string of the molecule is CSc1ccc(C(NN)c2cc(Cl)ccc2Cl)cc1. The number of hydrogen-bond acceptors (Lipinski definition) is 3. The molecule has 3 N–H and O–H groups in total. The summed E-state index contributed by atoms with van der Waals surface area (Å²) in [5.41, 5.74) is 4.71. The molecule has 0 aliphatic heterocycles. The van der Waals surface area contributed by atoms with E-state index in [4.69, 9.17) is 29.0 Å². The van der Waals surface area contributed by atoms with Gasteiger partial charge in [-0.3, -0.25) is 5.84 Å². The molecule has 0 fully saturated rings. The molecule has 0 spiro atoms. The molecular formula is C14H14Cl2N2S. The van der Waals surface area contributed by atoms with Crippen molar-refractivity contribution in [1.82, 2.24) is 5.43 Å². The largest absolute Gasteiger partial charge is 0.271 e. The van der Waals surface area contributed by atoms with E-state index in [1.807, 2.05) is 24.5 Å². The van der Waals surface area contributed by atoms with Crippen LogP contribution < -0.4 is 11.3 Å². The predicted molar refractivity (Wildman–Crippen MR) is 83.9 cm³/mol. The zero-order valence-electron chi connectivity index (χ0n) is 10.4. The molecule has 0 amide bonds. The van der Waals surface area contributed by atoms with Crippen molar-refractivity contribution in [2.75, 3.05) is 6.26 Å². The molecule has 0 aliphatic rings. The summed E-state index contributed by atoms with van der Waals surface area (Å²) in [5, 5.41) is 1.28. The van der Waals surface area contributed by atoms with Gasteiger partial charge in [-0.25, -0.2) is 5.43 Å². The van der Waals surface area contributed by atoms with Gasteiger partial charge in [-0.15, -0.1) is 11.8 Å². The highest BCUT2D eigenvalue weighted by Crippen LogP contribution is 2.31. The monoisotopic (exact) mass is 312 g/mol. The molecule has 0 heterocycles. The van der Waals surface area contributed by atoms with E-state index in [1.54, 1.807) is 23.9 Å². The number of benzene rings is 2. The van der Waals surface area contributed by atoms with Gasteiger partial charge < -0.3 is 0 Å². The molecule has 1 unspecified atom stereocenters. The van der Waals surface area contributed by atoms with Crippen molar-refractivity contribution in [3.63, 3.8) is 0 Å². The Labute approximate surface area is 127 Å². The molecular weight excluding hydrogens is 299 g/mol. The molecule has 0 saturated heterocycles. The highest BCUT2D eigenvalue weighted by Gasteiger charge is 2.16. The lowest BCUT2D eigenvalue weighted by atomic mass is 9.99. The zero-order chi connectivity index (χ0) is 13.8. The van der Waals surface area contributed by atoms with Crippen LogP contribution in [0.1, 0.15) is 17.2 Å². The standard InChI is InChI=1S/C14H14Cl2N2S/c1-19-11-5-2-9(3-6-11)14(18-17)12-8-10(15)4-7-13(12)16/h2-8,14,18H,17H2,1H3. The molecule has 0 aromatic heterocycles. The van der Waals surface area contributed by atoms with Crippen LogP contribution in [0, 0.1) is 0 Å². The molecule has 19 heavy (non-hydrogen) atoms. The lowest BCUT2D eigenvalue weighted by molar-refractivity contribution is 0.637. The van der Waals surface area contributed by atoms with Gasteiger partial charge in [-0.2, -0.15) is 0 Å². The highest BCUT2D eigenvalue weighted by atomic mass is 35.5. The Balaban J connectivity index is 2.40. The topological polar surface area (TPSA) is 38.0 Å². The van der Waals surface area contributed by atoms with Gasteiger partial charge in [0.2, 0.25) is 0 Å². The van der Waals surface area contributed by atoms with Crippen LogP contribution in [0.3, 0.4) is 0 Å². The van der Waals surface area contributed by atoms with E-state index in [-0.39, 0.29) is 6.04 Å². The first-order chi connectivity index (χ1) is 9.15. The van der Waals surface area contributed by atoms with Gasteiger partial charge in [0.25, 0.3) is 0 Å². The molecule has 0 saturated carbocycles. The van der Waals surface area contributed by atoms with Crippen molar-refractivity contribution in [2.45, 2.75) is 10.9 Å². The van der Waals surface area contributed by atoms with Crippen molar-refractivity contribution >= 4 is 35.0 Å². The van der Waals surface area contributed by atoms with Gasteiger partial charge in [0.05, 0.1) is 6.04 Å². The van der Waals surface area contributed by atoms with Crippen molar-refractivity contribution in [3.05, 3.63) is 63.6 Å². The first kappa shape index (κ1) is 14.7. The van der Waals surface area contributed by atoms with E-state index in [0.717, 1.165) is 11.1 Å². The Morgan fingerprint density at radius 1 is 1.11 bits per heavy atom. The molecule has 0 aliphatic carbocycles. The summed E-state index contributed by atoms with van der Waals surface area (Å²) in [6.45, 7) is 0. The van der Waals surface area contributed by atoms with Crippen molar-refractivity contribution in [3.8, 4) is 0 Å². The zero-order valence-corrected chi connectivity index (χ0v) is 12.7. The maximum absolute atomic E-state index is 6.22. The quantitative estimate of drug-likeness (QED) is 0.503. The lowest BCUT2D eigenvalue weighted by Crippen LogP contribution is -2.29. The van der Waals surface area contributed by atoms with Gasteiger partial charge in [-0.05, 0) is 47.7 Å². The molecule has 2 aromatic carbocycles. The summed E-state index contributed by atoms with van der Waals surface area (Å²) in [6.07, 6.45) is 2.04. The molecule has 2 nitrogen and oxygen atoms in total. The van der Waals surface area contributed by atoms with E-state index in [0.29, 0.717) is 10.0 Å². The molecule has 0 radical (unpaired) electrons. The van der Waals surface area contributed by atoms with Gasteiger partial charge in [0.15, 0.2) is 0 Å². The fourth-order valence-electron chi connectivity index (χ4n) is 1.90. The predicted octanol–water partition coefficient (Wildman–Crippen LogP) is 4.27. The summed E-state index contributed by atoms with van der Waals surface area (Å²) in [6, 6.07) is 13.4. The Kier molecular flexibility index (Phi) is 5.13. The van der Waals surface area contributed by atoms with Crippen LogP contribution in [0.5, 0.6) is 0 Å². The second-order valence-electron chi connectivity index (χ2n) is 4.04. The van der Waals surface area contributed by atoms with Crippen LogP contribution >= 0.6 is 35.0 Å². The normalized spacial score (nSPS) is 12.4. The number of rotatable bonds is 4. The Hall–Kier alpha value is -0.710. The Morgan fingerprint density at radius 3 is 2.37 bits per heavy atom. The van der Waals surface area contributed by atoms with E-state index in [9.17, 15) is 0 Å². The van der Waals surface area contributed by atoms with Gasteiger partial charge in [-0.1, -0.05) is 35.3 Å². The fourth-order valence-corrected chi connectivity index (χ4v) is 2.71. The highest BCUT2D eigenvalue weighted by molar-refractivity contribution is 7.98. The second kappa shape index (κ2) is 6.64. The summed E-state index contributed by atoms with van der Waals surface area (Å²) in [5.74, 6) is 5.67. The van der Waals surface area contributed by atoms with Gasteiger partial charge in [0.1, 0.15) is 0 Å². The fraction of sp³-hybridized carbons (Fsp3) is 0.143. The minimum absolute atomic E-state index is 0.179. The van der Waals surface area contributed by atoms with Crippen LogP contribution in [0.2, 0.25) is 10.0 Å². The summed E-state index contributed by atoms with van der Waals surface area (Å²) in [7, 11) is 0. The van der Waals surface area contributed by atoms with Crippen molar-refractivity contribution in [2.24, 2.45) is 5.84 Å². The molecule has 100 valence electrons. The van der Waals surface area contributed by atoms with Gasteiger partial charge >= 0.3 is 0 Å². The summed E-state index contributed by atoms with van der Waals surface area (Å²) >= 11 is 13.9. The van der Waals surface area contributed by atoms with E-state index >= 15 is 0 Å². The van der Waals surface area contributed by atoms with Crippen molar-refractivity contribution < 1.29 is 0 Å². The van der Waals surface area contributed by atoms with Crippen molar-refractivity contribution in [1.29, 1.82) is 0 Å². The first-order valence-corrected chi connectivity index (χ1v) is 7.69. The maximum Gasteiger partial charge on any atom is 0.0725 e. The van der Waals surface area contributed by atoms with Crippen LogP contribution in [0.25, 0.3) is 0 Å². The summed E-state index contributed by atoms with van der Waals surface area (Å²) in [4.78, 5) is 1.21. The maximum atomic E-state index is 6.22. The van der Waals surface area contributed by atoms with Crippen LogP contribution in [0.4, 0.5) is 0 Å². The second-order valence-corrected chi connectivity index (χ2v) is 5.76. The van der Waals surface area contributed by atoms with E-state index in [2.05, 4.69) is 17.6 Å². The van der Waals surface area contributed by atoms with E-state index in [1.165, 1.54) is 4.90 Å². The Bertz CT molecular complexity index is 558. The third-order valence-corrected chi connectivity index (χ3v) is 4.21. The number of hydrogen-bond donors (Lipinski definition) is 2. The van der Waals surface area contributed by atoms with E-state index < -0.39 is 0 Å². The number of hydrazine groups is 1. The third-order valence-electron chi connectivity index (χ3n) is 2.88. The molecule has 5 heteroatoms. The van der Waals surface area contributed by atoms with Crippen LogP contribution in [-0.2, 0) is 0 Å². The average Bonchev–Trinajstić information content (AvgIpc) is 2.44. The number of halogens is 2. The summed E-state index contributed by atoms with van der Waals surface area (Å²) < 4.78 is 0.